The number of hydrogen-bond donors (Lipinski definition) is 2. The Morgan fingerprint density at radius 2 is 2.23 bits per heavy atom. The highest BCUT2D eigenvalue weighted by atomic mass is 16.3. The summed E-state index contributed by atoms with van der Waals surface area (Å²) in [5.41, 5.74) is 3.79. The number of anilines is 1. The molecule has 0 radical (unpaired) electrons. The zero-order chi connectivity index (χ0) is 15.9. The lowest BCUT2D eigenvalue weighted by atomic mass is 9.99. The van der Waals surface area contributed by atoms with Crippen LogP contribution in [-0.4, -0.2) is 49.3 Å². The van der Waals surface area contributed by atoms with Crippen molar-refractivity contribution in [3.8, 4) is 0 Å². The van der Waals surface area contributed by atoms with Crippen LogP contribution < -0.4 is 10.2 Å². The first kappa shape index (κ1) is 16.6. The number of nitrogens with zero attached hydrogens (tertiary/aromatic N) is 2. The monoisotopic (exact) mass is 305 g/mol. The minimum atomic E-state index is -0.106. The van der Waals surface area contributed by atoms with Crippen molar-refractivity contribution in [2.24, 2.45) is 0 Å². The topological polar surface area (TPSA) is 55.8 Å². The van der Waals surface area contributed by atoms with E-state index >= 15 is 0 Å². The number of carbonyl (C=O) groups excluding carboxylic acids is 1. The molecular weight excluding hydrogens is 278 g/mol. The molecule has 5 nitrogen and oxygen atoms in total. The van der Waals surface area contributed by atoms with Crippen LogP contribution in [0.3, 0.4) is 0 Å². The first-order valence-electron chi connectivity index (χ1n) is 8.12. The van der Waals surface area contributed by atoms with Gasteiger partial charge in [-0.3, -0.25) is 0 Å². The first-order valence-corrected chi connectivity index (χ1v) is 8.12. The third kappa shape index (κ3) is 4.13. The summed E-state index contributed by atoms with van der Waals surface area (Å²) in [4.78, 5) is 16.1. The standard InChI is InChI=1S/C17H27N3O2/c1-3-8-20(10-11-21)17(22)18-13-14-6-7-16-15(12-14)5-4-9-19(16)2/h6-7,12,21H,3-5,8-11,13H2,1-2H3,(H,18,22). The van der Waals surface area contributed by atoms with Crippen LogP contribution in [0.4, 0.5) is 10.5 Å². The van der Waals surface area contributed by atoms with E-state index in [0.29, 0.717) is 19.6 Å². The molecule has 0 spiro atoms. The van der Waals surface area contributed by atoms with Gasteiger partial charge >= 0.3 is 6.03 Å². The molecule has 2 amide bonds. The lowest BCUT2D eigenvalue weighted by Gasteiger charge is -2.28. The summed E-state index contributed by atoms with van der Waals surface area (Å²) in [6, 6.07) is 6.32. The average Bonchev–Trinajstić information content (AvgIpc) is 2.52. The molecule has 2 N–H and O–H groups in total. The predicted molar refractivity (Wildman–Crippen MR) is 89.2 cm³/mol. The molecule has 1 aromatic carbocycles. The molecule has 1 aromatic rings. The fourth-order valence-electron chi connectivity index (χ4n) is 2.94. The predicted octanol–water partition coefficient (Wildman–Crippen LogP) is 1.98. The highest BCUT2D eigenvalue weighted by molar-refractivity contribution is 5.74. The molecule has 0 aromatic heterocycles. The summed E-state index contributed by atoms with van der Waals surface area (Å²) >= 11 is 0. The number of aliphatic hydroxyl groups excluding tert-OH is 1. The molecule has 0 saturated heterocycles. The zero-order valence-corrected chi connectivity index (χ0v) is 13.6. The van der Waals surface area contributed by atoms with Gasteiger partial charge in [-0.25, -0.2) is 4.79 Å². The molecule has 0 bridgehead atoms. The highest BCUT2D eigenvalue weighted by Gasteiger charge is 2.15. The number of aliphatic hydroxyl groups is 1. The Labute approximate surface area is 132 Å². The van der Waals surface area contributed by atoms with Gasteiger partial charge in [-0.15, -0.1) is 0 Å². The molecule has 1 aliphatic heterocycles. The van der Waals surface area contributed by atoms with Gasteiger partial charge in [0.15, 0.2) is 0 Å². The Balaban J connectivity index is 1.95. The molecule has 22 heavy (non-hydrogen) atoms. The largest absolute Gasteiger partial charge is 0.395 e. The molecule has 0 aliphatic carbocycles. The fourth-order valence-corrected chi connectivity index (χ4v) is 2.94. The van der Waals surface area contributed by atoms with E-state index in [9.17, 15) is 4.79 Å². The second-order valence-electron chi connectivity index (χ2n) is 5.86. The third-order valence-electron chi connectivity index (χ3n) is 4.09. The van der Waals surface area contributed by atoms with E-state index in [1.54, 1.807) is 4.90 Å². The zero-order valence-electron chi connectivity index (χ0n) is 13.6. The molecule has 1 aliphatic rings. The number of aryl methyl sites for hydroxylation is 1. The highest BCUT2D eigenvalue weighted by Crippen LogP contribution is 2.26. The Morgan fingerprint density at radius 1 is 1.41 bits per heavy atom. The first-order chi connectivity index (χ1) is 10.7. The van der Waals surface area contributed by atoms with E-state index in [1.807, 2.05) is 6.92 Å². The Morgan fingerprint density at radius 3 is 2.95 bits per heavy atom. The van der Waals surface area contributed by atoms with Crippen LogP contribution in [0.5, 0.6) is 0 Å². The molecule has 5 heteroatoms. The number of amides is 2. The normalized spacial score (nSPS) is 13.7. The maximum Gasteiger partial charge on any atom is 0.317 e. The molecule has 0 unspecified atom stereocenters. The van der Waals surface area contributed by atoms with Crippen molar-refractivity contribution in [1.29, 1.82) is 0 Å². The molecule has 0 fully saturated rings. The maximum absolute atomic E-state index is 12.1. The summed E-state index contributed by atoms with van der Waals surface area (Å²) in [6.45, 7) is 4.71. The third-order valence-corrected chi connectivity index (χ3v) is 4.09. The van der Waals surface area contributed by atoms with Gasteiger partial charge < -0.3 is 20.2 Å². The number of benzene rings is 1. The van der Waals surface area contributed by atoms with E-state index in [2.05, 4.69) is 35.5 Å². The van der Waals surface area contributed by atoms with Crippen LogP contribution in [-0.2, 0) is 13.0 Å². The summed E-state index contributed by atoms with van der Waals surface area (Å²) in [5.74, 6) is 0. The second-order valence-corrected chi connectivity index (χ2v) is 5.86. The average molecular weight is 305 g/mol. The second kappa shape index (κ2) is 8.03. The van der Waals surface area contributed by atoms with E-state index in [-0.39, 0.29) is 12.6 Å². The van der Waals surface area contributed by atoms with Crippen LogP contribution in [0, 0.1) is 0 Å². The summed E-state index contributed by atoms with van der Waals surface area (Å²) < 4.78 is 0. The SMILES string of the molecule is CCCN(CCO)C(=O)NCc1ccc2c(c1)CCCN2C. The van der Waals surface area contributed by atoms with Gasteiger partial charge in [0, 0.05) is 38.9 Å². The van der Waals surface area contributed by atoms with Crippen molar-refractivity contribution in [2.45, 2.75) is 32.7 Å². The van der Waals surface area contributed by atoms with Crippen molar-refractivity contribution in [1.82, 2.24) is 10.2 Å². The van der Waals surface area contributed by atoms with Crippen molar-refractivity contribution in [2.75, 3.05) is 38.2 Å². The van der Waals surface area contributed by atoms with Gasteiger partial charge in [0.2, 0.25) is 0 Å². The number of fused-ring (bicyclic) bond motifs is 1. The van der Waals surface area contributed by atoms with Crippen LogP contribution in [0.2, 0.25) is 0 Å². The number of urea groups is 1. The lowest BCUT2D eigenvalue weighted by Crippen LogP contribution is -2.41. The van der Waals surface area contributed by atoms with Gasteiger partial charge in [0.1, 0.15) is 0 Å². The van der Waals surface area contributed by atoms with Crippen molar-refractivity contribution < 1.29 is 9.90 Å². The van der Waals surface area contributed by atoms with E-state index in [4.69, 9.17) is 5.11 Å². The fraction of sp³-hybridized carbons (Fsp3) is 0.588. The van der Waals surface area contributed by atoms with E-state index in [1.165, 1.54) is 17.7 Å². The smallest absolute Gasteiger partial charge is 0.317 e. The minimum Gasteiger partial charge on any atom is -0.395 e. The van der Waals surface area contributed by atoms with Gasteiger partial charge in [-0.05, 0) is 36.5 Å². The lowest BCUT2D eigenvalue weighted by molar-refractivity contribution is 0.177. The molecule has 2 rings (SSSR count). The quantitative estimate of drug-likeness (QED) is 0.845. The summed E-state index contributed by atoms with van der Waals surface area (Å²) in [7, 11) is 2.12. The number of carbonyl (C=O) groups is 1. The Hall–Kier alpha value is -1.75. The van der Waals surface area contributed by atoms with Crippen molar-refractivity contribution in [3.63, 3.8) is 0 Å². The molecular formula is C17H27N3O2. The van der Waals surface area contributed by atoms with Crippen LogP contribution >= 0.6 is 0 Å². The number of nitrogens with one attached hydrogen (secondary N) is 1. The maximum atomic E-state index is 12.1. The molecule has 1 heterocycles. The minimum absolute atomic E-state index is 0.00139. The van der Waals surface area contributed by atoms with Crippen molar-refractivity contribution >= 4 is 11.7 Å². The summed E-state index contributed by atoms with van der Waals surface area (Å²) in [5, 5.41) is 12.0. The Kier molecular flexibility index (Phi) is 6.07. The van der Waals surface area contributed by atoms with Crippen LogP contribution in [0.15, 0.2) is 18.2 Å². The van der Waals surface area contributed by atoms with Crippen LogP contribution in [0.1, 0.15) is 30.9 Å². The van der Waals surface area contributed by atoms with E-state index in [0.717, 1.165) is 24.9 Å². The number of rotatable bonds is 6. The van der Waals surface area contributed by atoms with Crippen molar-refractivity contribution in [3.05, 3.63) is 29.3 Å². The van der Waals surface area contributed by atoms with Gasteiger partial charge in [-0.2, -0.15) is 0 Å². The van der Waals surface area contributed by atoms with Gasteiger partial charge in [0.25, 0.3) is 0 Å². The number of hydrogen-bond acceptors (Lipinski definition) is 3. The van der Waals surface area contributed by atoms with Gasteiger partial charge in [0.05, 0.1) is 6.61 Å². The van der Waals surface area contributed by atoms with Gasteiger partial charge in [-0.1, -0.05) is 19.1 Å². The molecule has 0 atom stereocenters. The summed E-state index contributed by atoms with van der Waals surface area (Å²) in [6.07, 6.45) is 3.17. The van der Waals surface area contributed by atoms with E-state index < -0.39 is 0 Å². The van der Waals surface area contributed by atoms with Crippen LogP contribution in [0.25, 0.3) is 0 Å². The molecule has 122 valence electrons. The Bertz CT molecular complexity index is 499. The molecule has 0 saturated carbocycles.